The summed E-state index contributed by atoms with van der Waals surface area (Å²) in [6.45, 7) is 6.65. The molecule has 0 spiro atoms. The van der Waals surface area contributed by atoms with Gasteiger partial charge in [-0.25, -0.2) is 5.43 Å². The van der Waals surface area contributed by atoms with Crippen molar-refractivity contribution in [3.63, 3.8) is 0 Å². The van der Waals surface area contributed by atoms with E-state index in [0.29, 0.717) is 16.7 Å². The van der Waals surface area contributed by atoms with Gasteiger partial charge in [0, 0.05) is 10.7 Å². The number of carbonyl (C=O) groups is 1. The number of halogens is 1. The predicted molar refractivity (Wildman–Crippen MR) is 89.3 cm³/mol. The third-order valence-electron chi connectivity index (χ3n) is 3.69. The van der Waals surface area contributed by atoms with E-state index in [9.17, 15) is 4.79 Å². The van der Waals surface area contributed by atoms with Crippen LogP contribution in [0.4, 0.5) is 0 Å². The van der Waals surface area contributed by atoms with E-state index in [1.165, 1.54) is 6.42 Å². The van der Waals surface area contributed by atoms with Gasteiger partial charge >= 0.3 is 0 Å². The van der Waals surface area contributed by atoms with E-state index in [1.807, 2.05) is 0 Å². The quantitative estimate of drug-likeness (QED) is 0.851. The summed E-state index contributed by atoms with van der Waals surface area (Å²) in [6.07, 6.45) is 3.07. The average molecular weight is 323 g/mol. The molecule has 1 unspecified atom stereocenters. The highest BCUT2D eigenvalue weighted by molar-refractivity contribution is 6.30. The van der Waals surface area contributed by atoms with Crippen molar-refractivity contribution < 1.29 is 9.53 Å². The lowest BCUT2D eigenvalue weighted by Gasteiger charge is -2.34. The molecule has 0 heterocycles. The highest BCUT2D eigenvalue weighted by Crippen LogP contribution is 2.36. The first-order chi connectivity index (χ1) is 10.3. The minimum Gasteiger partial charge on any atom is -0.484 e. The van der Waals surface area contributed by atoms with Crippen molar-refractivity contribution in [2.75, 3.05) is 6.61 Å². The molecular formula is C17H23ClN2O2. The molecular weight excluding hydrogens is 300 g/mol. The number of hydrogen-bond donors (Lipinski definition) is 1. The van der Waals surface area contributed by atoms with E-state index in [4.69, 9.17) is 16.3 Å². The molecule has 0 radical (unpaired) electrons. The summed E-state index contributed by atoms with van der Waals surface area (Å²) in [7, 11) is 0. The lowest BCUT2D eigenvalue weighted by Crippen LogP contribution is -2.31. The van der Waals surface area contributed by atoms with E-state index < -0.39 is 0 Å². The summed E-state index contributed by atoms with van der Waals surface area (Å²) >= 11 is 5.79. The second kappa shape index (κ2) is 7.14. The molecule has 1 aromatic carbocycles. The number of rotatable bonds is 4. The van der Waals surface area contributed by atoms with Crippen LogP contribution in [0.25, 0.3) is 0 Å². The maximum absolute atomic E-state index is 11.8. The third kappa shape index (κ3) is 5.34. The molecule has 0 saturated heterocycles. The standard InChI is InChI=1S/C17H23ClN2O2/c1-12-8-14(10-17(2,3)9-12)19-20-16(21)11-22-15-6-4-13(18)5-7-15/h4-7,12H,8-11H2,1-3H3,(H,20,21)/b19-14+. The van der Waals surface area contributed by atoms with Crippen LogP contribution in [0, 0.1) is 11.3 Å². The largest absolute Gasteiger partial charge is 0.484 e. The predicted octanol–water partition coefficient (Wildman–Crippen LogP) is 4.04. The second-order valence-electron chi connectivity index (χ2n) is 6.81. The summed E-state index contributed by atoms with van der Waals surface area (Å²) in [5.74, 6) is 0.961. The van der Waals surface area contributed by atoms with E-state index >= 15 is 0 Å². The molecule has 1 aromatic rings. The minimum absolute atomic E-state index is 0.0582. The summed E-state index contributed by atoms with van der Waals surface area (Å²) in [6, 6.07) is 6.90. The Bertz CT molecular complexity index is 552. The maximum atomic E-state index is 11.8. The molecule has 1 saturated carbocycles. The van der Waals surface area contributed by atoms with Gasteiger partial charge in [-0.2, -0.15) is 5.10 Å². The molecule has 1 amide bonds. The van der Waals surface area contributed by atoms with Crippen molar-refractivity contribution in [3.8, 4) is 5.75 Å². The Hall–Kier alpha value is -1.55. The number of benzene rings is 1. The van der Waals surface area contributed by atoms with Crippen LogP contribution < -0.4 is 10.2 Å². The third-order valence-corrected chi connectivity index (χ3v) is 3.94. The molecule has 120 valence electrons. The lowest BCUT2D eigenvalue weighted by atomic mass is 9.72. The van der Waals surface area contributed by atoms with Crippen molar-refractivity contribution in [2.45, 2.75) is 40.0 Å². The van der Waals surface area contributed by atoms with Crippen LogP contribution in [0.1, 0.15) is 40.0 Å². The number of carbonyl (C=O) groups excluding carboxylic acids is 1. The molecule has 0 aromatic heterocycles. The second-order valence-corrected chi connectivity index (χ2v) is 7.25. The zero-order chi connectivity index (χ0) is 16.2. The number of amides is 1. The molecule has 5 heteroatoms. The Balaban J connectivity index is 1.82. The number of hydrazone groups is 1. The molecule has 2 rings (SSSR count). The van der Waals surface area contributed by atoms with Crippen molar-refractivity contribution in [1.82, 2.24) is 5.43 Å². The highest BCUT2D eigenvalue weighted by Gasteiger charge is 2.29. The van der Waals surface area contributed by atoms with Gasteiger partial charge in [0.25, 0.3) is 5.91 Å². The van der Waals surface area contributed by atoms with Crippen molar-refractivity contribution in [1.29, 1.82) is 0 Å². The first kappa shape index (κ1) is 16.8. The fourth-order valence-electron chi connectivity index (χ4n) is 3.05. The van der Waals surface area contributed by atoms with Gasteiger partial charge < -0.3 is 4.74 Å². The molecule has 1 N–H and O–H groups in total. The van der Waals surface area contributed by atoms with E-state index in [-0.39, 0.29) is 17.9 Å². The Labute approximate surface area is 136 Å². The SMILES string of the molecule is CC1C/C(=N\NC(=O)COc2ccc(Cl)cc2)CC(C)(C)C1. The summed E-state index contributed by atoms with van der Waals surface area (Å²) < 4.78 is 5.38. The molecule has 22 heavy (non-hydrogen) atoms. The Kier molecular flexibility index (Phi) is 5.46. The van der Waals surface area contributed by atoms with Gasteiger partial charge in [-0.1, -0.05) is 32.4 Å². The summed E-state index contributed by atoms with van der Waals surface area (Å²) in [4.78, 5) is 11.8. The van der Waals surface area contributed by atoms with E-state index in [0.717, 1.165) is 18.6 Å². The number of hydrogen-bond acceptors (Lipinski definition) is 3. The maximum Gasteiger partial charge on any atom is 0.277 e. The van der Waals surface area contributed by atoms with E-state index in [2.05, 4.69) is 31.3 Å². The van der Waals surface area contributed by atoms with Gasteiger partial charge in [-0.3, -0.25) is 4.79 Å². The smallest absolute Gasteiger partial charge is 0.277 e. The Morgan fingerprint density at radius 2 is 2.09 bits per heavy atom. The first-order valence-electron chi connectivity index (χ1n) is 7.57. The molecule has 1 fully saturated rings. The molecule has 4 nitrogen and oxygen atoms in total. The van der Waals surface area contributed by atoms with Crippen LogP contribution in [-0.2, 0) is 4.79 Å². The van der Waals surface area contributed by atoms with Crippen LogP contribution in [-0.4, -0.2) is 18.2 Å². The van der Waals surface area contributed by atoms with Gasteiger partial charge in [0.05, 0.1) is 0 Å². The van der Waals surface area contributed by atoms with Crippen molar-refractivity contribution in [3.05, 3.63) is 29.3 Å². The van der Waals surface area contributed by atoms with Gasteiger partial charge in [-0.05, 0) is 54.9 Å². The van der Waals surface area contributed by atoms with Crippen LogP contribution in [0.15, 0.2) is 29.4 Å². The van der Waals surface area contributed by atoms with Crippen molar-refractivity contribution in [2.24, 2.45) is 16.4 Å². The number of nitrogens with zero attached hydrogens (tertiary/aromatic N) is 1. The summed E-state index contributed by atoms with van der Waals surface area (Å²) in [5.41, 5.74) is 3.90. The molecule has 1 aliphatic carbocycles. The van der Waals surface area contributed by atoms with E-state index in [1.54, 1.807) is 24.3 Å². The van der Waals surface area contributed by atoms with Gasteiger partial charge in [0.1, 0.15) is 5.75 Å². The Morgan fingerprint density at radius 1 is 1.41 bits per heavy atom. The van der Waals surface area contributed by atoms with Crippen LogP contribution >= 0.6 is 11.6 Å². The minimum atomic E-state index is -0.251. The van der Waals surface area contributed by atoms with Gasteiger partial charge in [0.2, 0.25) is 0 Å². The topological polar surface area (TPSA) is 50.7 Å². The van der Waals surface area contributed by atoms with Crippen LogP contribution in [0.3, 0.4) is 0 Å². The molecule has 1 atom stereocenters. The van der Waals surface area contributed by atoms with Crippen LogP contribution in [0.2, 0.25) is 5.02 Å². The molecule has 0 aliphatic heterocycles. The average Bonchev–Trinajstić information content (AvgIpc) is 2.42. The monoisotopic (exact) mass is 322 g/mol. The first-order valence-corrected chi connectivity index (χ1v) is 7.94. The normalized spacial score (nSPS) is 22.4. The number of ether oxygens (including phenoxy) is 1. The zero-order valence-corrected chi connectivity index (χ0v) is 14.1. The zero-order valence-electron chi connectivity index (χ0n) is 13.4. The lowest BCUT2D eigenvalue weighted by molar-refractivity contribution is -0.123. The van der Waals surface area contributed by atoms with Crippen molar-refractivity contribution >= 4 is 23.2 Å². The molecule has 1 aliphatic rings. The fraction of sp³-hybridized carbons (Fsp3) is 0.529. The highest BCUT2D eigenvalue weighted by atomic mass is 35.5. The molecule has 0 bridgehead atoms. The summed E-state index contributed by atoms with van der Waals surface area (Å²) in [5, 5.41) is 4.91. The number of nitrogens with one attached hydrogen (secondary N) is 1. The Morgan fingerprint density at radius 3 is 2.73 bits per heavy atom. The fourth-order valence-corrected chi connectivity index (χ4v) is 3.18. The van der Waals surface area contributed by atoms with Gasteiger partial charge in [0.15, 0.2) is 6.61 Å². The van der Waals surface area contributed by atoms with Gasteiger partial charge in [-0.15, -0.1) is 0 Å². The van der Waals surface area contributed by atoms with Crippen LogP contribution in [0.5, 0.6) is 5.75 Å².